The van der Waals surface area contributed by atoms with Gasteiger partial charge in [-0.05, 0) is 22.9 Å². The number of hydrogen-bond acceptors (Lipinski definition) is 6. The van der Waals surface area contributed by atoms with Crippen LogP contribution in [0.25, 0.3) is 0 Å². The standard InChI is InChI=1S/C15H19N5O3S/c1-11-17-18-19-20(11)13(9-12-5-3-2-4-6-12)15(23)16-7-8-24-10-14(21)22/h2-6,13H,7-10H2,1H3,(H,16,23)(H,21,22). The van der Waals surface area contributed by atoms with Gasteiger partial charge in [-0.15, -0.1) is 16.9 Å². The second kappa shape index (κ2) is 9.02. The highest BCUT2D eigenvalue weighted by Gasteiger charge is 2.23. The fraction of sp³-hybridized carbons (Fsp3) is 0.400. The number of rotatable bonds is 9. The van der Waals surface area contributed by atoms with Crippen LogP contribution in [0, 0.1) is 6.92 Å². The number of carbonyl (C=O) groups is 2. The molecule has 0 spiro atoms. The largest absolute Gasteiger partial charge is 0.481 e. The third-order valence-electron chi connectivity index (χ3n) is 3.30. The van der Waals surface area contributed by atoms with E-state index in [9.17, 15) is 9.59 Å². The molecule has 1 aromatic heterocycles. The van der Waals surface area contributed by atoms with Crippen LogP contribution in [0.15, 0.2) is 30.3 Å². The number of benzene rings is 1. The fourth-order valence-electron chi connectivity index (χ4n) is 2.18. The lowest BCUT2D eigenvalue weighted by molar-refractivity contribution is -0.134. The SMILES string of the molecule is Cc1nnnn1C(Cc1ccccc1)C(=O)NCCSCC(=O)O. The van der Waals surface area contributed by atoms with Gasteiger partial charge >= 0.3 is 5.97 Å². The van der Waals surface area contributed by atoms with Crippen LogP contribution in [0.5, 0.6) is 0 Å². The maximum Gasteiger partial charge on any atom is 0.313 e. The van der Waals surface area contributed by atoms with E-state index in [1.807, 2.05) is 30.3 Å². The van der Waals surface area contributed by atoms with E-state index in [-0.39, 0.29) is 11.7 Å². The number of hydrogen-bond donors (Lipinski definition) is 2. The molecule has 1 heterocycles. The molecule has 2 N–H and O–H groups in total. The molecule has 128 valence electrons. The minimum absolute atomic E-state index is 0.0232. The predicted octanol–water partition coefficient (Wildman–Crippen LogP) is 0.699. The van der Waals surface area contributed by atoms with Gasteiger partial charge in [0, 0.05) is 18.7 Å². The third-order valence-corrected chi connectivity index (χ3v) is 4.24. The number of carboxylic acid groups (broad SMARTS) is 1. The number of nitrogens with zero attached hydrogens (tertiary/aromatic N) is 4. The van der Waals surface area contributed by atoms with Gasteiger partial charge < -0.3 is 10.4 Å². The minimum Gasteiger partial charge on any atom is -0.481 e. The Hall–Kier alpha value is -2.42. The van der Waals surface area contributed by atoms with E-state index in [0.717, 1.165) is 5.56 Å². The number of amides is 1. The van der Waals surface area contributed by atoms with E-state index in [0.29, 0.717) is 24.5 Å². The van der Waals surface area contributed by atoms with Gasteiger partial charge in [0.15, 0.2) is 0 Å². The summed E-state index contributed by atoms with van der Waals surface area (Å²) < 4.78 is 1.51. The first-order valence-corrected chi connectivity index (χ1v) is 8.59. The molecule has 1 amide bonds. The molecule has 0 aliphatic carbocycles. The van der Waals surface area contributed by atoms with E-state index in [4.69, 9.17) is 5.11 Å². The zero-order valence-electron chi connectivity index (χ0n) is 13.3. The van der Waals surface area contributed by atoms with E-state index in [2.05, 4.69) is 20.8 Å². The highest BCUT2D eigenvalue weighted by atomic mass is 32.2. The number of nitrogens with one attached hydrogen (secondary N) is 1. The number of aliphatic carboxylic acids is 1. The second-order valence-corrected chi connectivity index (χ2v) is 6.22. The van der Waals surface area contributed by atoms with Crippen LogP contribution in [-0.2, 0) is 16.0 Å². The molecule has 2 rings (SSSR count). The van der Waals surface area contributed by atoms with Crippen molar-refractivity contribution < 1.29 is 14.7 Å². The fourth-order valence-corrected chi connectivity index (χ4v) is 2.74. The number of thioether (sulfide) groups is 1. The number of carbonyl (C=O) groups excluding carboxylic acids is 1. The van der Waals surface area contributed by atoms with Crippen LogP contribution in [-0.4, -0.2) is 55.2 Å². The minimum atomic E-state index is -0.863. The van der Waals surface area contributed by atoms with E-state index in [1.54, 1.807) is 6.92 Å². The number of aromatic nitrogens is 4. The summed E-state index contributed by atoms with van der Waals surface area (Å²) in [5.41, 5.74) is 1.01. The zero-order chi connectivity index (χ0) is 17.4. The Morgan fingerprint density at radius 3 is 2.71 bits per heavy atom. The average molecular weight is 349 g/mol. The first kappa shape index (κ1) is 17.9. The Morgan fingerprint density at radius 1 is 1.33 bits per heavy atom. The Morgan fingerprint density at radius 2 is 2.08 bits per heavy atom. The first-order chi connectivity index (χ1) is 11.6. The van der Waals surface area contributed by atoms with Crippen molar-refractivity contribution in [2.75, 3.05) is 18.1 Å². The monoisotopic (exact) mass is 349 g/mol. The van der Waals surface area contributed by atoms with Gasteiger partial charge in [0.2, 0.25) is 5.91 Å². The van der Waals surface area contributed by atoms with Gasteiger partial charge in [-0.1, -0.05) is 30.3 Å². The van der Waals surface area contributed by atoms with E-state index < -0.39 is 12.0 Å². The highest BCUT2D eigenvalue weighted by Crippen LogP contribution is 2.15. The Kier molecular flexibility index (Phi) is 6.74. The maximum atomic E-state index is 12.5. The second-order valence-electron chi connectivity index (χ2n) is 5.11. The van der Waals surface area contributed by atoms with Crippen LogP contribution < -0.4 is 5.32 Å². The van der Waals surface area contributed by atoms with Crippen LogP contribution in [0.1, 0.15) is 17.4 Å². The van der Waals surface area contributed by atoms with Crippen molar-refractivity contribution in [3.63, 3.8) is 0 Å². The Labute approximate surface area is 143 Å². The zero-order valence-corrected chi connectivity index (χ0v) is 14.1. The van der Waals surface area contributed by atoms with Crippen molar-refractivity contribution in [2.24, 2.45) is 0 Å². The number of carboxylic acids is 1. The molecule has 2 aromatic rings. The molecule has 0 bridgehead atoms. The van der Waals surface area contributed by atoms with Crippen molar-refractivity contribution >= 4 is 23.6 Å². The summed E-state index contributed by atoms with van der Waals surface area (Å²) in [6, 6.07) is 9.09. The van der Waals surface area contributed by atoms with Gasteiger partial charge in [0.25, 0.3) is 0 Å². The van der Waals surface area contributed by atoms with Crippen LogP contribution in [0.3, 0.4) is 0 Å². The summed E-state index contributed by atoms with van der Waals surface area (Å²) >= 11 is 1.26. The van der Waals surface area contributed by atoms with Crippen LogP contribution >= 0.6 is 11.8 Å². The molecule has 0 radical (unpaired) electrons. The van der Waals surface area contributed by atoms with Crippen molar-refractivity contribution in [1.29, 1.82) is 0 Å². The smallest absolute Gasteiger partial charge is 0.313 e. The lowest BCUT2D eigenvalue weighted by Crippen LogP contribution is -2.36. The molecular formula is C15H19N5O3S. The van der Waals surface area contributed by atoms with Crippen LogP contribution in [0.2, 0.25) is 0 Å². The summed E-state index contributed by atoms with van der Waals surface area (Å²) in [4.78, 5) is 23.0. The molecule has 24 heavy (non-hydrogen) atoms. The lowest BCUT2D eigenvalue weighted by Gasteiger charge is -2.17. The summed E-state index contributed by atoms with van der Waals surface area (Å²) in [5, 5.41) is 22.8. The number of tetrazole rings is 1. The molecule has 0 saturated heterocycles. The molecule has 8 nitrogen and oxygen atoms in total. The summed E-state index contributed by atoms with van der Waals surface area (Å²) in [7, 11) is 0. The van der Waals surface area contributed by atoms with Gasteiger partial charge in [-0.25, -0.2) is 4.68 Å². The lowest BCUT2D eigenvalue weighted by atomic mass is 10.1. The molecule has 1 aromatic carbocycles. The molecule has 0 saturated carbocycles. The Balaban J connectivity index is 1.99. The predicted molar refractivity (Wildman–Crippen MR) is 89.7 cm³/mol. The summed E-state index contributed by atoms with van der Waals surface area (Å²) in [6.45, 7) is 2.14. The maximum absolute atomic E-state index is 12.5. The van der Waals surface area contributed by atoms with Crippen molar-refractivity contribution in [2.45, 2.75) is 19.4 Å². The van der Waals surface area contributed by atoms with Gasteiger partial charge in [-0.2, -0.15) is 0 Å². The third kappa shape index (κ3) is 5.34. The summed E-state index contributed by atoms with van der Waals surface area (Å²) in [6.07, 6.45) is 0.473. The van der Waals surface area contributed by atoms with Crippen LogP contribution in [0.4, 0.5) is 0 Å². The van der Waals surface area contributed by atoms with Gasteiger partial charge in [0.05, 0.1) is 5.75 Å². The normalized spacial score (nSPS) is 11.9. The molecule has 0 aliphatic rings. The number of aryl methyl sites for hydroxylation is 1. The summed E-state index contributed by atoms with van der Waals surface area (Å²) in [5.74, 6) is 0.0641. The Bertz CT molecular complexity index is 677. The molecular weight excluding hydrogens is 330 g/mol. The van der Waals surface area contributed by atoms with Gasteiger partial charge in [0.1, 0.15) is 11.9 Å². The van der Waals surface area contributed by atoms with Crippen molar-refractivity contribution in [1.82, 2.24) is 25.5 Å². The quantitative estimate of drug-likeness (QED) is 0.641. The molecule has 1 atom stereocenters. The average Bonchev–Trinajstić information content (AvgIpc) is 2.98. The van der Waals surface area contributed by atoms with Crippen molar-refractivity contribution in [3.8, 4) is 0 Å². The highest BCUT2D eigenvalue weighted by molar-refractivity contribution is 7.99. The molecule has 0 aliphatic heterocycles. The molecule has 1 unspecified atom stereocenters. The molecule has 9 heteroatoms. The van der Waals surface area contributed by atoms with Crippen molar-refractivity contribution in [3.05, 3.63) is 41.7 Å². The van der Waals surface area contributed by atoms with E-state index >= 15 is 0 Å². The first-order valence-electron chi connectivity index (χ1n) is 7.43. The van der Waals surface area contributed by atoms with E-state index in [1.165, 1.54) is 16.4 Å². The topological polar surface area (TPSA) is 110 Å². The van der Waals surface area contributed by atoms with Gasteiger partial charge in [-0.3, -0.25) is 9.59 Å². The molecule has 0 fully saturated rings.